The summed E-state index contributed by atoms with van der Waals surface area (Å²) in [5, 5.41) is 6.64. The van der Waals surface area contributed by atoms with Gasteiger partial charge in [-0.3, -0.25) is 9.59 Å². The second kappa shape index (κ2) is 7.86. The molecule has 0 saturated heterocycles. The van der Waals surface area contributed by atoms with E-state index in [0.717, 1.165) is 5.56 Å². The number of nitrogens with one attached hydrogen (secondary N) is 1. The third-order valence-electron chi connectivity index (χ3n) is 4.40. The standard InChI is InChI=1S/C21H21N3O3/c1-14-12-19(27-23-14)21(26)24(3)15(2)17-10-7-11-18(13-17)22-20(25)16-8-5-4-6-9-16/h4-13,15H,1-3H3,(H,22,25)/t15-/m1/s1. The molecule has 6 heteroatoms. The van der Waals surface area contributed by atoms with Crippen molar-refractivity contribution in [1.82, 2.24) is 10.1 Å². The fourth-order valence-electron chi connectivity index (χ4n) is 2.71. The number of amides is 2. The Kier molecular flexibility index (Phi) is 5.35. The largest absolute Gasteiger partial charge is 0.351 e. The molecule has 1 aromatic heterocycles. The van der Waals surface area contributed by atoms with Crippen molar-refractivity contribution in [2.45, 2.75) is 19.9 Å². The van der Waals surface area contributed by atoms with Gasteiger partial charge >= 0.3 is 0 Å². The summed E-state index contributed by atoms with van der Waals surface area (Å²) in [5.41, 5.74) is 2.81. The molecule has 1 N–H and O–H groups in total. The quantitative estimate of drug-likeness (QED) is 0.741. The van der Waals surface area contributed by atoms with Crippen molar-refractivity contribution in [3.05, 3.63) is 83.2 Å². The Balaban J connectivity index is 1.74. The summed E-state index contributed by atoms with van der Waals surface area (Å²) in [7, 11) is 1.71. The molecular formula is C21H21N3O3. The van der Waals surface area contributed by atoms with Crippen molar-refractivity contribution in [1.29, 1.82) is 0 Å². The second-order valence-corrected chi connectivity index (χ2v) is 6.37. The summed E-state index contributed by atoms with van der Waals surface area (Å²) in [4.78, 5) is 26.5. The molecular weight excluding hydrogens is 342 g/mol. The maximum Gasteiger partial charge on any atom is 0.292 e. The number of carbonyl (C=O) groups excluding carboxylic acids is 2. The maximum absolute atomic E-state index is 12.5. The molecule has 3 rings (SSSR count). The molecule has 138 valence electrons. The fourth-order valence-corrected chi connectivity index (χ4v) is 2.71. The highest BCUT2D eigenvalue weighted by molar-refractivity contribution is 6.04. The molecule has 6 nitrogen and oxygen atoms in total. The lowest BCUT2D eigenvalue weighted by atomic mass is 10.1. The zero-order valence-electron chi connectivity index (χ0n) is 15.5. The van der Waals surface area contributed by atoms with E-state index in [4.69, 9.17) is 4.52 Å². The lowest BCUT2D eigenvalue weighted by molar-refractivity contribution is 0.0700. The first kappa shape index (κ1) is 18.4. The van der Waals surface area contributed by atoms with Crippen molar-refractivity contribution in [3.8, 4) is 0 Å². The Morgan fingerprint density at radius 2 is 1.81 bits per heavy atom. The average Bonchev–Trinajstić information content (AvgIpc) is 3.13. The van der Waals surface area contributed by atoms with Crippen molar-refractivity contribution < 1.29 is 14.1 Å². The summed E-state index contributed by atoms with van der Waals surface area (Å²) in [6, 6.07) is 17.9. The average molecular weight is 363 g/mol. The number of rotatable bonds is 5. The molecule has 27 heavy (non-hydrogen) atoms. The highest BCUT2D eigenvalue weighted by Gasteiger charge is 2.22. The van der Waals surface area contributed by atoms with Gasteiger partial charge in [-0.1, -0.05) is 35.5 Å². The van der Waals surface area contributed by atoms with E-state index < -0.39 is 0 Å². The smallest absolute Gasteiger partial charge is 0.292 e. The molecule has 0 aliphatic heterocycles. The zero-order valence-corrected chi connectivity index (χ0v) is 15.5. The first-order valence-electron chi connectivity index (χ1n) is 8.62. The van der Waals surface area contributed by atoms with Gasteiger partial charge in [0.15, 0.2) is 0 Å². The lowest BCUT2D eigenvalue weighted by Gasteiger charge is -2.24. The number of anilines is 1. The molecule has 0 aliphatic rings. The summed E-state index contributed by atoms with van der Waals surface area (Å²) >= 11 is 0. The van der Waals surface area contributed by atoms with Crippen LogP contribution in [0.15, 0.2) is 65.2 Å². The van der Waals surface area contributed by atoms with Gasteiger partial charge in [-0.25, -0.2) is 0 Å². The van der Waals surface area contributed by atoms with Crippen LogP contribution in [0.4, 0.5) is 5.69 Å². The van der Waals surface area contributed by atoms with E-state index in [1.165, 1.54) is 0 Å². The van der Waals surface area contributed by atoms with E-state index >= 15 is 0 Å². The molecule has 0 spiro atoms. The van der Waals surface area contributed by atoms with E-state index in [0.29, 0.717) is 16.9 Å². The van der Waals surface area contributed by atoms with Gasteiger partial charge in [-0.05, 0) is 43.7 Å². The summed E-state index contributed by atoms with van der Waals surface area (Å²) in [5.74, 6) is -0.223. The molecule has 2 amide bonds. The van der Waals surface area contributed by atoms with Gasteiger partial charge in [0.05, 0.1) is 11.7 Å². The molecule has 3 aromatic rings. The monoisotopic (exact) mass is 363 g/mol. The number of aryl methyl sites for hydroxylation is 1. The number of hydrogen-bond donors (Lipinski definition) is 1. The van der Waals surface area contributed by atoms with Crippen LogP contribution in [0.2, 0.25) is 0 Å². The fraction of sp³-hybridized carbons (Fsp3) is 0.190. The predicted molar refractivity (Wildman–Crippen MR) is 103 cm³/mol. The first-order chi connectivity index (χ1) is 13.0. The van der Waals surface area contributed by atoms with E-state index in [9.17, 15) is 9.59 Å². The zero-order chi connectivity index (χ0) is 19.4. The minimum Gasteiger partial charge on any atom is -0.351 e. The molecule has 0 saturated carbocycles. The van der Waals surface area contributed by atoms with Gasteiger partial charge in [0.25, 0.3) is 11.8 Å². The highest BCUT2D eigenvalue weighted by Crippen LogP contribution is 2.24. The van der Waals surface area contributed by atoms with E-state index in [-0.39, 0.29) is 23.6 Å². The van der Waals surface area contributed by atoms with Crippen molar-refractivity contribution >= 4 is 17.5 Å². The first-order valence-corrected chi connectivity index (χ1v) is 8.62. The van der Waals surface area contributed by atoms with Crippen LogP contribution < -0.4 is 5.32 Å². The normalized spacial score (nSPS) is 11.7. The minimum absolute atomic E-state index is 0.179. The number of benzene rings is 2. The van der Waals surface area contributed by atoms with E-state index in [1.54, 1.807) is 37.1 Å². The van der Waals surface area contributed by atoms with Crippen LogP contribution >= 0.6 is 0 Å². The van der Waals surface area contributed by atoms with Gasteiger partial charge in [0.2, 0.25) is 5.76 Å². The molecule has 2 aromatic carbocycles. The van der Waals surface area contributed by atoms with Crippen LogP contribution in [0, 0.1) is 6.92 Å². The Morgan fingerprint density at radius 3 is 2.48 bits per heavy atom. The number of carbonyl (C=O) groups is 2. The van der Waals surface area contributed by atoms with Gasteiger partial charge in [0, 0.05) is 24.4 Å². The number of hydrogen-bond acceptors (Lipinski definition) is 4. The predicted octanol–water partition coefficient (Wildman–Crippen LogP) is 4.07. The lowest BCUT2D eigenvalue weighted by Crippen LogP contribution is -2.29. The maximum atomic E-state index is 12.5. The summed E-state index contributed by atoms with van der Waals surface area (Å²) in [6.07, 6.45) is 0. The Morgan fingerprint density at radius 1 is 1.07 bits per heavy atom. The van der Waals surface area contributed by atoms with Crippen LogP contribution in [-0.2, 0) is 0 Å². The van der Waals surface area contributed by atoms with Gasteiger partial charge in [-0.15, -0.1) is 0 Å². The Labute approximate surface area is 157 Å². The van der Waals surface area contributed by atoms with E-state index in [1.807, 2.05) is 49.4 Å². The van der Waals surface area contributed by atoms with Crippen LogP contribution in [-0.4, -0.2) is 28.9 Å². The molecule has 1 atom stereocenters. The Bertz CT molecular complexity index is 950. The van der Waals surface area contributed by atoms with Crippen LogP contribution in [0.1, 0.15) is 45.1 Å². The second-order valence-electron chi connectivity index (χ2n) is 6.37. The summed E-state index contributed by atoms with van der Waals surface area (Å²) in [6.45, 7) is 3.68. The minimum atomic E-state index is -0.248. The number of aromatic nitrogens is 1. The topological polar surface area (TPSA) is 75.4 Å². The molecule has 0 fully saturated rings. The molecule has 0 radical (unpaired) electrons. The highest BCUT2D eigenvalue weighted by atomic mass is 16.5. The third-order valence-corrected chi connectivity index (χ3v) is 4.40. The van der Waals surface area contributed by atoms with Crippen molar-refractivity contribution in [2.24, 2.45) is 0 Å². The molecule has 0 unspecified atom stereocenters. The molecule has 1 heterocycles. The van der Waals surface area contributed by atoms with Crippen molar-refractivity contribution in [2.75, 3.05) is 12.4 Å². The van der Waals surface area contributed by atoms with Crippen LogP contribution in [0.5, 0.6) is 0 Å². The Hall–Kier alpha value is -3.41. The summed E-state index contributed by atoms with van der Waals surface area (Å²) < 4.78 is 5.06. The van der Waals surface area contributed by atoms with Gasteiger partial charge in [0.1, 0.15) is 0 Å². The molecule has 0 bridgehead atoms. The van der Waals surface area contributed by atoms with Crippen LogP contribution in [0.3, 0.4) is 0 Å². The number of nitrogens with zero attached hydrogens (tertiary/aromatic N) is 2. The SMILES string of the molecule is Cc1cc(C(=O)N(C)[C@H](C)c2cccc(NC(=O)c3ccccc3)c2)on1. The van der Waals surface area contributed by atoms with Crippen LogP contribution in [0.25, 0.3) is 0 Å². The van der Waals surface area contributed by atoms with Crippen molar-refractivity contribution in [3.63, 3.8) is 0 Å². The molecule has 0 aliphatic carbocycles. The van der Waals surface area contributed by atoms with Gasteiger partial charge < -0.3 is 14.7 Å². The van der Waals surface area contributed by atoms with Gasteiger partial charge in [-0.2, -0.15) is 0 Å². The third kappa shape index (κ3) is 4.23. The van der Waals surface area contributed by atoms with E-state index in [2.05, 4.69) is 10.5 Å².